The van der Waals surface area contributed by atoms with Crippen molar-refractivity contribution in [2.45, 2.75) is 19.3 Å². The van der Waals surface area contributed by atoms with Crippen LogP contribution in [0.25, 0.3) is 0 Å². The zero-order chi connectivity index (χ0) is 17.5. The highest BCUT2D eigenvalue weighted by atomic mass is 35.5. The third kappa shape index (κ3) is 5.87. The van der Waals surface area contributed by atoms with Crippen LogP contribution in [0.1, 0.15) is 19.3 Å². The third-order valence-corrected chi connectivity index (χ3v) is 5.27. The van der Waals surface area contributed by atoms with E-state index >= 15 is 0 Å². The molecule has 5 nitrogen and oxygen atoms in total. The van der Waals surface area contributed by atoms with E-state index in [4.69, 9.17) is 16.3 Å². The molecule has 0 spiro atoms. The van der Waals surface area contributed by atoms with Crippen molar-refractivity contribution < 1.29 is 9.53 Å². The molecule has 3 rings (SSSR count). The molecule has 1 aromatic carbocycles. The van der Waals surface area contributed by atoms with Crippen molar-refractivity contribution >= 4 is 17.5 Å². The van der Waals surface area contributed by atoms with Crippen molar-refractivity contribution in [1.82, 2.24) is 14.7 Å². The number of carbonyl (C=O) groups is 1. The monoisotopic (exact) mass is 365 g/mol. The summed E-state index contributed by atoms with van der Waals surface area (Å²) in [5.41, 5.74) is 0. The van der Waals surface area contributed by atoms with Gasteiger partial charge in [0.15, 0.2) is 0 Å². The number of halogens is 1. The molecule has 0 aliphatic carbocycles. The van der Waals surface area contributed by atoms with Gasteiger partial charge in [0.1, 0.15) is 12.4 Å². The van der Waals surface area contributed by atoms with Crippen molar-refractivity contribution in [3.8, 4) is 5.75 Å². The Hall–Kier alpha value is -1.30. The molecule has 2 fully saturated rings. The fourth-order valence-corrected chi connectivity index (χ4v) is 3.56. The maximum absolute atomic E-state index is 12.3. The number of piperazine rings is 1. The molecule has 1 aromatic rings. The second kappa shape index (κ2) is 9.41. The summed E-state index contributed by atoms with van der Waals surface area (Å²) in [6.07, 6.45) is 3.58. The van der Waals surface area contributed by atoms with E-state index in [-0.39, 0.29) is 0 Å². The molecule has 1 amide bonds. The minimum Gasteiger partial charge on any atom is -0.492 e. The normalized spacial score (nSPS) is 19.8. The Bertz CT molecular complexity index is 538. The number of hydrogen-bond donors (Lipinski definition) is 0. The highest BCUT2D eigenvalue weighted by Crippen LogP contribution is 2.15. The second-order valence-electron chi connectivity index (χ2n) is 6.86. The van der Waals surface area contributed by atoms with Crippen LogP contribution < -0.4 is 4.74 Å². The summed E-state index contributed by atoms with van der Waals surface area (Å²) in [5, 5.41) is 0.725. The van der Waals surface area contributed by atoms with E-state index in [1.54, 1.807) is 0 Å². The zero-order valence-electron chi connectivity index (χ0n) is 14.8. The van der Waals surface area contributed by atoms with Gasteiger partial charge in [-0.2, -0.15) is 0 Å². The summed E-state index contributed by atoms with van der Waals surface area (Å²) in [6, 6.07) is 7.48. The number of amides is 1. The fraction of sp³-hybridized carbons (Fsp3) is 0.632. The minimum atomic E-state index is 0.305. The van der Waals surface area contributed by atoms with E-state index < -0.39 is 0 Å². The van der Waals surface area contributed by atoms with Crippen LogP contribution in [0, 0.1) is 0 Å². The number of nitrogens with zero attached hydrogens (tertiary/aromatic N) is 3. The quantitative estimate of drug-likeness (QED) is 0.775. The number of benzene rings is 1. The number of hydrogen-bond acceptors (Lipinski definition) is 4. The maximum atomic E-state index is 12.3. The molecule has 0 atom stereocenters. The van der Waals surface area contributed by atoms with E-state index in [1.807, 2.05) is 29.2 Å². The molecule has 6 heteroatoms. The molecule has 0 radical (unpaired) electrons. The molecule has 0 unspecified atom stereocenters. The predicted molar refractivity (Wildman–Crippen MR) is 100 cm³/mol. The molecule has 0 saturated carbocycles. The largest absolute Gasteiger partial charge is 0.492 e. The van der Waals surface area contributed by atoms with Gasteiger partial charge in [0.2, 0.25) is 5.91 Å². The first kappa shape index (κ1) is 18.5. The summed E-state index contributed by atoms with van der Waals surface area (Å²) in [7, 11) is 0. The fourth-order valence-electron chi connectivity index (χ4n) is 3.43. The zero-order valence-corrected chi connectivity index (χ0v) is 15.6. The van der Waals surface area contributed by atoms with Crippen molar-refractivity contribution in [1.29, 1.82) is 0 Å². The van der Waals surface area contributed by atoms with Gasteiger partial charge in [-0.25, -0.2) is 0 Å². The molecule has 138 valence electrons. The van der Waals surface area contributed by atoms with Crippen molar-refractivity contribution in [2.75, 3.05) is 59.0 Å². The number of piperidine rings is 1. The van der Waals surface area contributed by atoms with Crippen LogP contribution in [-0.4, -0.2) is 79.6 Å². The number of likely N-dealkylation sites (tertiary alicyclic amines) is 1. The Labute approximate surface area is 155 Å². The summed E-state index contributed by atoms with van der Waals surface area (Å²) >= 11 is 5.87. The van der Waals surface area contributed by atoms with Gasteiger partial charge in [0.25, 0.3) is 0 Å². The van der Waals surface area contributed by atoms with Gasteiger partial charge >= 0.3 is 0 Å². The first-order chi connectivity index (χ1) is 12.2. The summed E-state index contributed by atoms with van der Waals surface area (Å²) < 4.78 is 5.76. The maximum Gasteiger partial charge on any atom is 0.236 e. The lowest BCUT2D eigenvalue weighted by molar-refractivity contribution is -0.133. The Morgan fingerprint density at radius 3 is 2.24 bits per heavy atom. The van der Waals surface area contributed by atoms with Crippen molar-refractivity contribution in [3.63, 3.8) is 0 Å². The summed E-state index contributed by atoms with van der Waals surface area (Å²) in [5.74, 6) is 1.16. The summed E-state index contributed by atoms with van der Waals surface area (Å²) in [6.45, 7) is 7.97. The molecule has 2 saturated heterocycles. The molecule has 2 heterocycles. The van der Waals surface area contributed by atoms with Crippen LogP contribution in [0.3, 0.4) is 0 Å². The van der Waals surface area contributed by atoms with Gasteiger partial charge in [-0.15, -0.1) is 0 Å². The minimum absolute atomic E-state index is 0.305. The van der Waals surface area contributed by atoms with Crippen LogP contribution in [0.4, 0.5) is 0 Å². The van der Waals surface area contributed by atoms with E-state index in [2.05, 4.69) is 9.80 Å². The molecule has 0 N–H and O–H groups in total. The Morgan fingerprint density at radius 1 is 0.920 bits per heavy atom. The van der Waals surface area contributed by atoms with Gasteiger partial charge in [-0.1, -0.05) is 11.6 Å². The second-order valence-corrected chi connectivity index (χ2v) is 7.30. The van der Waals surface area contributed by atoms with Crippen LogP contribution >= 0.6 is 11.6 Å². The lowest BCUT2D eigenvalue weighted by Gasteiger charge is -2.36. The molecule has 25 heavy (non-hydrogen) atoms. The van der Waals surface area contributed by atoms with Crippen molar-refractivity contribution in [3.05, 3.63) is 29.3 Å². The van der Waals surface area contributed by atoms with E-state index in [0.717, 1.165) is 69.4 Å². The van der Waals surface area contributed by atoms with Gasteiger partial charge < -0.3 is 9.64 Å². The highest BCUT2D eigenvalue weighted by Gasteiger charge is 2.22. The van der Waals surface area contributed by atoms with Gasteiger partial charge in [0, 0.05) is 50.8 Å². The first-order valence-corrected chi connectivity index (χ1v) is 9.69. The molecular weight excluding hydrogens is 338 g/mol. The van der Waals surface area contributed by atoms with Crippen molar-refractivity contribution in [2.24, 2.45) is 0 Å². The van der Waals surface area contributed by atoms with Gasteiger partial charge in [-0.05, 0) is 43.5 Å². The Balaban J connectivity index is 1.31. The van der Waals surface area contributed by atoms with E-state index in [1.165, 1.54) is 6.42 Å². The number of ether oxygens (including phenoxy) is 1. The Kier molecular flexibility index (Phi) is 6.96. The third-order valence-electron chi connectivity index (χ3n) is 5.02. The lowest BCUT2D eigenvalue weighted by Crippen LogP contribution is -2.51. The topological polar surface area (TPSA) is 36.0 Å². The van der Waals surface area contributed by atoms with Crippen LogP contribution in [-0.2, 0) is 4.79 Å². The Morgan fingerprint density at radius 2 is 1.56 bits per heavy atom. The summed E-state index contributed by atoms with van der Waals surface area (Å²) in [4.78, 5) is 19.1. The van der Waals surface area contributed by atoms with Crippen LogP contribution in [0.2, 0.25) is 5.02 Å². The first-order valence-electron chi connectivity index (χ1n) is 9.31. The standard InChI is InChI=1S/C19H28ClN3O2/c20-17-4-6-18(7-5-17)25-15-14-21-10-12-22(13-11-21)16-19(24)23-8-2-1-3-9-23/h4-7H,1-3,8-16H2. The van der Waals surface area contributed by atoms with Gasteiger partial charge in [0.05, 0.1) is 6.54 Å². The van der Waals surface area contributed by atoms with Crippen LogP contribution in [0.15, 0.2) is 24.3 Å². The molecule has 2 aliphatic rings. The molecule has 2 aliphatic heterocycles. The number of carbonyl (C=O) groups excluding carboxylic acids is 1. The van der Waals surface area contributed by atoms with Crippen LogP contribution in [0.5, 0.6) is 5.75 Å². The van der Waals surface area contributed by atoms with E-state index in [9.17, 15) is 4.79 Å². The lowest BCUT2D eigenvalue weighted by atomic mass is 10.1. The SMILES string of the molecule is O=C(CN1CCN(CCOc2ccc(Cl)cc2)CC1)N1CCCCC1. The molecular formula is C19H28ClN3O2. The van der Waals surface area contributed by atoms with E-state index in [0.29, 0.717) is 19.1 Å². The number of rotatable bonds is 6. The molecule has 0 aromatic heterocycles. The van der Waals surface area contributed by atoms with Gasteiger partial charge in [-0.3, -0.25) is 14.6 Å². The smallest absolute Gasteiger partial charge is 0.236 e. The molecule has 0 bridgehead atoms. The highest BCUT2D eigenvalue weighted by molar-refractivity contribution is 6.30. The average Bonchev–Trinajstić information content (AvgIpc) is 2.65. The average molecular weight is 366 g/mol. The predicted octanol–water partition coefficient (Wildman–Crippen LogP) is 2.35.